The van der Waals surface area contributed by atoms with E-state index < -0.39 is 28.8 Å². The third-order valence-corrected chi connectivity index (χ3v) is 7.02. The maximum absolute atomic E-state index is 13.8. The van der Waals surface area contributed by atoms with Crippen LogP contribution in [0.25, 0.3) is 10.9 Å². The Balaban J connectivity index is 1.77. The topological polar surface area (TPSA) is 101 Å². The molecule has 0 saturated heterocycles. The lowest BCUT2D eigenvalue weighted by Gasteiger charge is -2.22. The van der Waals surface area contributed by atoms with Gasteiger partial charge in [0.1, 0.15) is 5.82 Å². The zero-order valence-corrected chi connectivity index (χ0v) is 17.8. The summed E-state index contributed by atoms with van der Waals surface area (Å²) in [4.78, 5) is 11.2. The summed E-state index contributed by atoms with van der Waals surface area (Å²) in [5.41, 5.74) is 7.32. The van der Waals surface area contributed by atoms with Gasteiger partial charge in [-0.25, -0.2) is 22.2 Å². The number of aromatic nitrogens is 2. The first kappa shape index (κ1) is 21.4. The third kappa shape index (κ3) is 4.45. The second-order valence-electron chi connectivity index (χ2n) is 7.65. The Morgan fingerprint density at radius 1 is 1.19 bits per heavy atom. The van der Waals surface area contributed by atoms with Crippen molar-refractivity contribution in [1.29, 1.82) is 0 Å². The molecule has 3 aromatic rings. The number of fused-ring (bicyclic) bond motifs is 2. The fraction of sp³-hybridized carbons (Fsp3) is 0.333. The molecule has 0 atom stereocenters. The number of aryl methyl sites for hydroxylation is 1. The number of nitrogens with two attached hydrogens (primary N) is 1. The molecule has 0 unspecified atom stereocenters. The van der Waals surface area contributed by atoms with Crippen molar-refractivity contribution in [3.05, 3.63) is 53.6 Å². The molecule has 0 radical (unpaired) electrons. The van der Waals surface area contributed by atoms with E-state index in [0.717, 1.165) is 5.56 Å². The molecule has 0 aliphatic carbocycles. The normalized spacial score (nSPS) is 16.1. The summed E-state index contributed by atoms with van der Waals surface area (Å²) in [6, 6.07) is 12.3. The average Bonchev–Trinajstić information content (AvgIpc) is 2.88. The molecule has 164 valence electrons. The molecule has 1 aliphatic heterocycles. The van der Waals surface area contributed by atoms with E-state index in [1.165, 1.54) is 0 Å². The van der Waals surface area contributed by atoms with E-state index in [9.17, 15) is 17.2 Å². The fourth-order valence-corrected chi connectivity index (χ4v) is 5.02. The molecule has 4 rings (SSSR count). The van der Waals surface area contributed by atoms with Crippen LogP contribution in [0.2, 0.25) is 0 Å². The first-order valence-corrected chi connectivity index (χ1v) is 11.5. The highest BCUT2D eigenvalue weighted by Crippen LogP contribution is 2.29. The number of hydrogen-bond donors (Lipinski definition) is 2. The molecular formula is C21H23F2N5O2S. The minimum absolute atomic E-state index is 0.0900. The number of sulfone groups is 1. The number of nitrogens with one attached hydrogen (secondary N) is 1. The molecular weight excluding hydrogens is 424 g/mol. The Kier molecular flexibility index (Phi) is 5.52. The lowest BCUT2D eigenvalue weighted by molar-refractivity contribution is 0.0253. The van der Waals surface area contributed by atoms with Gasteiger partial charge in [-0.1, -0.05) is 29.8 Å². The molecule has 0 amide bonds. The fourth-order valence-electron chi connectivity index (χ4n) is 3.52. The van der Waals surface area contributed by atoms with Crippen LogP contribution >= 0.6 is 0 Å². The van der Waals surface area contributed by atoms with Gasteiger partial charge < -0.3 is 16.0 Å². The highest BCUT2D eigenvalue weighted by atomic mass is 32.2. The number of hydrogen-bond acceptors (Lipinski definition) is 7. The smallest absolute Gasteiger partial charge is 0.276 e. The van der Waals surface area contributed by atoms with Gasteiger partial charge in [-0.3, -0.25) is 0 Å². The zero-order chi connectivity index (χ0) is 22.2. The van der Waals surface area contributed by atoms with Gasteiger partial charge in [0.15, 0.2) is 9.84 Å². The lowest BCUT2D eigenvalue weighted by Crippen LogP contribution is -2.35. The summed E-state index contributed by atoms with van der Waals surface area (Å²) in [5, 5.41) is 3.32. The Hall–Kier alpha value is -2.85. The SMILES string of the molecule is Cc1ccc2nc(N3CCS(=O)(=O)c4ccccc4C3)nc(NCC(F)(F)CN)c2c1. The van der Waals surface area contributed by atoms with Crippen molar-refractivity contribution in [3.8, 4) is 0 Å². The second-order valence-corrected chi connectivity index (χ2v) is 9.73. The summed E-state index contributed by atoms with van der Waals surface area (Å²) in [5.74, 6) is -2.64. The van der Waals surface area contributed by atoms with Gasteiger partial charge in [-0.15, -0.1) is 0 Å². The van der Waals surface area contributed by atoms with Crippen LogP contribution < -0.4 is 16.0 Å². The lowest BCUT2D eigenvalue weighted by atomic mass is 10.1. The van der Waals surface area contributed by atoms with Gasteiger partial charge in [0.25, 0.3) is 5.92 Å². The highest BCUT2D eigenvalue weighted by Gasteiger charge is 2.29. The van der Waals surface area contributed by atoms with Crippen LogP contribution in [0, 0.1) is 6.92 Å². The van der Waals surface area contributed by atoms with E-state index in [-0.39, 0.29) is 24.1 Å². The maximum atomic E-state index is 13.8. The minimum Gasteiger partial charge on any atom is -0.363 e. The first-order chi connectivity index (χ1) is 14.7. The molecule has 7 nitrogen and oxygen atoms in total. The Morgan fingerprint density at radius 3 is 2.74 bits per heavy atom. The van der Waals surface area contributed by atoms with Crippen LogP contribution in [0.15, 0.2) is 47.4 Å². The van der Waals surface area contributed by atoms with E-state index in [1.807, 2.05) is 19.1 Å². The molecule has 0 bridgehead atoms. The largest absolute Gasteiger partial charge is 0.363 e. The van der Waals surface area contributed by atoms with E-state index in [2.05, 4.69) is 15.3 Å². The Bertz CT molecular complexity index is 1230. The van der Waals surface area contributed by atoms with Crippen molar-refractivity contribution in [2.75, 3.05) is 35.6 Å². The molecule has 2 heterocycles. The summed E-state index contributed by atoms with van der Waals surface area (Å²) < 4.78 is 52.9. The highest BCUT2D eigenvalue weighted by molar-refractivity contribution is 7.91. The molecule has 10 heteroatoms. The number of nitrogens with zero attached hydrogens (tertiary/aromatic N) is 3. The van der Waals surface area contributed by atoms with Gasteiger partial charge in [-0.2, -0.15) is 4.98 Å². The summed E-state index contributed by atoms with van der Waals surface area (Å²) in [6.45, 7) is 0.927. The number of benzene rings is 2. The number of anilines is 2. The van der Waals surface area contributed by atoms with Gasteiger partial charge in [0.2, 0.25) is 5.95 Å². The van der Waals surface area contributed by atoms with Crippen molar-refractivity contribution in [2.24, 2.45) is 5.73 Å². The summed E-state index contributed by atoms with van der Waals surface area (Å²) >= 11 is 0. The van der Waals surface area contributed by atoms with Crippen LogP contribution in [-0.2, 0) is 16.4 Å². The standard InChI is InChI=1S/C21H23F2N5O2S/c1-14-6-7-17-16(10-14)19(25-13-21(22,23)12-24)27-20(26-17)28-8-9-31(29,30)18-5-3-2-4-15(18)11-28/h2-7,10H,8-9,11-13,24H2,1H3,(H,25,26,27). The van der Waals surface area contributed by atoms with Crippen molar-refractivity contribution in [2.45, 2.75) is 24.3 Å². The van der Waals surface area contributed by atoms with Gasteiger partial charge in [-0.05, 0) is 30.7 Å². The van der Waals surface area contributed by atoms with Gasteiger partial charge >= 0.3 is 0 Å². The first-order valence-electron chi connectivity index (χ1n) is 9.84. The van der Waals surface area contributed by atoms with Crippen LogP contribution in [0.4, 0.5) is 20.5 Å². The van der Waals surface area contributed by atoms with Crippen LogP contribution in [-0.4, -0.2) is 49.7 Å². The maximum Gasteiger partial charge on any atom is 0.276 e. The third-order valence-electron chi connectivity index (χ3n) is 5.23. The van der Waals surface area contributed by atoms with Crippen LogP contribution in [0.3, 0.4) is 0 Å². The average molecular weight is 448 g/mol. The van der Waals surface area contributed by atoms with Crippen LogP contribution in [0.5, 0.6) is 0 Å². The van der Waals surface area contributed by atoms with Crippen molar-refractivity contribution >= 4 is 32.5 Å². The summed E-state index contributed by atoms with van der Waals surface area (Å²) in [6.07, 6.45) is 0. The quantitative estimate of drug-likeness (QED) is 0.620. The molecule has 1 aliphatic rings. The van der Waals surface area contributed by atoms with E-state index in [4.69, 9.17) is 5.73 Å². The Morgan fingerprint density at radius 2 is 1.97 bits per heavy atom. The molecule has 1 aromatic heterocycles. The predicted molar refractivity (Wildman–Crippen MR) is 116 cm³/mol. The molecule has 0 fully saturated rings. The number of alkyl halides is 2. The van der Waals surface area contributed by atoms with Crippen molar-refractivity contribution in [3.63, 3.8) is 0 Å². The van der Waals surface area contributed by atoms with E-state index in [0.29, 0.717) is 27.9 Å². The Labute approximate surface area is 179 Å². The monoisotopic (exact) mass is 447 g/mol. The molecule has 3 N–H and O–H groups in total. The van der Waals surface area contributed by atoms with Gasteiger partial charge in [0, 0.05) is 18.5 Å². The van der Waals surface area contributed by atoms with Gasteiger partial charge in [0.05, 0.1) is 29.3 Å². The summed E-state index contributed by atoms with van der Waals surface area (Å²) in [7, 11) is -3.44. The zero-order valence-electron chi connectivity index (χ0n) is 17.0. The molecule has 0 saturated carbocycles. The second kappa shape index (κ2) is 8.01. The van der Waals surface area contributed by atoms with E-state index in [1.54, 1.807) is 35.2 Å². The molecule has 2 aromatic carbocycles. The number of halogens is 2. The minimum atomic E-state index is -3.44. The molecule has 0 spiro atoms. The van der Waals surface area contributed by atoms with Crippen LogP contribution in [0.1, 0.15) is 11.1 Å². The van der Waals surface area contributed by atoms with E-state index >= 15 is 0 Å². The molecule has 31 heavy (non-hydrogen) atoms. The predicted octanol–water partition coefficient (Wildman–Crippen LogP) is 2.74. The number of rotatable bonds is 5. The van der Waals surface area contributed by atoms with Crippen molar-refractivity contribution < 1.29 is 17.2 Å². The van der Waals surface area contributed by atoms with Crippen molar-refractivity contribution in [1.82, 2.24) is 9.97 Å².